The number of nitrogens with one attached hydrogen (secondary N) is 1. The molecule has 0 fully saturated rings. The van der Waals surface area contributed by atoms with E-state index < -0.39 is 28.9 Å². The lowest BCUT2D eigenvalue weighted by Gasteiger charge is -2.23. The number of carbonyl (C=O) groups is 1. The number of aromatic nitrogens is 2. The van der Waals surface area contributed by atoms with Crippen molar-refractivity contribution in [2.24, 2.45) is 0 Å². The Morgan fingerprint density at radius 3 is 2.39 bits per heavy atom. The van der Waals surface area contributed by atoms with Gasteiger partial charge in [0.15, 0.2) is 5.69 Å². The summed E-state index contributed by atoms with van der Waals surface area (Å²) < 4.78 is 40.2. The van der Waals surface area contributed by atoms with Gasteiger partial charge >= 0.3 is 11.9 Å². The van der Waals surface area contributed by atoms with E-state index in [2.05, 4.69) is 4.98 Å². The summed E-state index contributed by atoms with van der Waals surface area (Å²) in [6, 6.07) is 12.7. The molecule has 0 atom stereocenters. The van der Waals surface area contributed by atoms with E-state index >= 15 is 0 Å². The van der Waals surface area contributed by atoms with Crippen molar-refractivity contribution in [1.82, 2.24) is 9.55 Å². The predicted molar refractivity (Wildman–Crippen MR) is 110 cm³/mol. The standard InChI is InChI=1S/C21H19F3N4O3/c1-2-27(19(30)14-9-6-10-15(11-14)21(22,23)24)16-17(25)28(20(31)26-18(16)29)12-13-7-4-3-5-8-13/h3-11H,2,12,25H2,1H3,(H,26,29,31). The average molecular weight is 432 g/mol. The third-order valence-electron chi connectivity index (χ3n) is 4.67. The second-order valence-electron chi connectivity index (χ2n) is 6.69. The number of amides is 1. The summed E-state index contributed by atoms with van der Waals surface area (Å²) in [6.07, 6.45) is -4.63. The van der Waals surface area contributed by atoms with E-state index in [1.165, 1.54) is 13.0 Å². The Hall–Kier alpha value is -3.82. The fourth-order valence-corrected chi connectivity index (χ4v) is 3.15. The SMILES string of the molecule is CCN(C(=O)c1cccc(C(F)(F)F)c1)c1c(N)n(Cc2ccccc2)c(=O)[nH]c1=O. The summed E-state index contributed by atoms with van der Waals surface area (Å²) in [5.74, 6) is -1.12. The number of carbonyl (C=O) groups excluding carboxylic acids is 1. The van der Waals surface area contributed by atoms with Gasteiger partial charge in [-0.3, -0.25) is 19.1 Å². The van der Waals surface area contributed by atoms with Crippen LogP contribution in [0.3, 0.4) is 0 Å². The summed E-state index contributed by atoms with van der Waals surface area (Å²) in [5, 5.41) is 0. The summed E-state index contributed by atoms with van der Waals surface area (Å²) in [5.41, 5.74) is 3.58. The molecule has 0 radical (unpaired) electrons. The Labute approximate surface area is 174 Å². The van der Waals surface area contributed by atoms with Crippen molar-refractivity contribution in [3.63, 3.8) is 0 Å². The molecule has 0 saturated carbocycles. The van der Waals surface area contributed by atoms with Crippen LogP contribution in [0.5, 0.6) is 0 Å². The Morgan fingerprint density at radius 1 is 1.10 bits per heavy atom. The molecule has 31 heavy (non-hydrogen) atoms. The number of alkyl halides is 3. The summed E-state index contributed by atoms with van der Waals surface area (Å²) in [4.78, 5) is 40.9. The number of H-pyrrole nitrogens is 1. The number of anilines is 2. The van der Waals surface area contributed by atoms with Crippen LogP contribution >= 0.6 is 0 Å². The summed E-state index contributed by atoms with van der Waals surface area (Å²) >= 11 is 0. The van der Waals surface area contributed by atoms with Crippen LogP contribution in [0.25, 0.3) is 0 Å². The second kappa shape index (κ2) is 8.50. The number of hydrogen-bond acceptors (Lipinski definition) is 4. The zero-order chi connectivity index (χ0) is 22.8. The van der Waals surface area contributed by atoms with E-state index in [1.807, 2.05) is 0 Å². The number of hydrogen-bond donors (Lipinski definition) is 2. The van der Waals surface area contributed by atoms with Crippen LogP contribution in [-0.2, 0) is 12.7 Å². The quantitative estimate of drug-likeness (QED) is 0.647. The molecular formula is C21H19F3N4O3. The molecule has 1 amide bonds. The maximum atomic E-state index is 13.0. The van der Waals surface area contributed by atoms with Crippen LogP contribution in [0.4, 0.5) is 24.7 Å². The van der Waals surface area contributed by atoms with Crippen molar-refractivity contribution in [2.45, 2.75) is 19.6 Å². The predicted octanol–water partition coefficient (Wildman–Crippen LogP) is 2.85. The van der Waals surface area contributed by atoms with Gasteiger partial charge in [-0.1, -0.05) is 36.4 Å². The normalized spacial score (nSPS) is 11.4. The van der Waals surface area contributed by atoms with Gasteiger partial charge in [0.25, 0.3) is 11.5 Å². The highest BCUT2D eigenvalue weighted by molar-refractivity contribution is 6.07. The molecule has 3 rings (SSSR count). The van der Waals surface area contributed by atoms with Crippen LogP contribution in [0, 0.1) is 0 Å². The van der Waals surface area contributed by atoms with Crippen molar-refractivity contribution in [3.05, 3.63) is 92.1 Å². The lowest BCUT2D eigenvalue weighted by atomic mass is 10.1. The molecule has 3 N–H and O–H groups in total. The zero-order valence-electron chi connectivity index (χ0n) is 16.4. The molecule has 2 aromatic carbocycles. The Balaban J connectivity index is 2.08. The average Bonchev–Trinajstić information content (AvgIpc) is 2.74. The molecule has 3 aromatic rings. The van der Waals surface area contributed by atoms with Gasteiger partial charge in [0.1, 0.15) is 5.82 Å². The number of halogens is 3. The molecule has 10 heteroatoms. The first-order chi connectivity index (χ1) is 14.6. The number of nitrogen functional groups attached to an aromatic ring is 1. The van der Waals surface area contributed by atoms with Crippen molar-refractivity contribution in [3.8, 4) is 0 Å². The molecule has 0 spiro atoms. The minimum absolute atomic E-state index is 0.0323. The minimum Gasteiger partial charge on any atom is -0.383 e. The lowest BCUT2D eigenvalue weighted by Crippen LogP contribution is -2.41. The zero-order valence-corrected chi connectivity index (χ0v) is 16.4. The molecule has 0 unspecified atom stereocenters. The topological polar surface area (TPSA) is 101 Å². The fourth-order valence-electron chi connectivity index (χ4n) is 3.15. The molecule has 0 aliphatic carbocycles. The monoisotopic (exact) mass is 432 g/mol. The summed E-state index contributed by atoms with van der Waals surface area (Å²) in [7, 11) is 0. The minimum atomic E-state index is -4.63. The third kappa shape index (κ3) is 4.52. The first-order valence-corrected chi connectivity index (χ1v) is 9.29. The van der Waals surface area contributed by atoms with E-state index in [-0.39, 0.29) is 30.2 Å². The number of rotatable bonds is 5. The van der Waals surface area contributed by atoms with Crippen LogP contribution in [0.2, 0.25) is 0 Å². The first kappa shape index (κ1) is 21.9. The Morgan fingerprint density at radius 2 is 1.77 bits per heavy atom. The first-order valence-electron chi connectivity index (χ1n) is 9.29. The number of aromatic amines is 1. The molecule has 0 saturated heterocycles. The molecular weight excluding hydrogens is 413 g/mol. The highest BCUT2D eigenvalue weighted by Crippen LogP contribution is 2.30. The van der Waals surface area contributed by atoms with Crippen molar-refractivity contribution < 1.29 is 18.0 Å². The fraction of sp³-hybridized carbons (Fsp3) is 0.190. The Bertz CT molecular complexity index is 1220. The molecule has 0 bridgehead atoms. The van der Waals surface area contributed by atoms with Crippen LogP contribution in [0.15, 0.2) is 64.2 Å². The van der Waals surface area contributed by atoms with Gasteiger partial charge in [0, 0.05) is 12.1 Å². The molecule has 1 aromatic heterocycles. The Kier molecular flexibility index (Phi) is 6.00. The number of nitrogens with two attached hydrogens (primary N) is 1. The van der Waals surface area contributed by atoms with Gasteiger partial charge in [-0.2, -0.15) is 13.2 Å². The number of benzene rings is 2. The van der Waals surface area contributed by atoms with Crippen LogP contribution in [0.1, 0.15) is 28.4 Å². The van der Waals surface area contributed by atoms with E-state index in [0.29, 0.717) is 6.07 Å². The highest BCUT2D eigenvalue weighted by atomic mass is 19.4. The maximum absolute atomic E-state index is 13.0. The molecule has 1 heterocycles. The number of nitrogens with zero attached hydrogens (tertiary/aromatic N) is 2. The third-order valence-corrected chi connectivity index (χ3v) is 4.67. The lowest BCUT2D eigenvalue weighted by molar-refractivity contribution is -0.137. The van der Waals surface area contributed by atoms with Gasteiger partial charge in [0.05, 0.1) is 12.1 Å². The van der Waals surface area contributed by atoms with Gasteiger partial charge in [-0.15, -0.1) is 0 Å². The van der Waals surface area contributed by atoms with Crippen molar-refractivity contribution in [1.29, 1.82) is 0 Å². The van der Waals surface area contributed by atoms with Crippen LogP contribution < -0.4 is 21.9 Å². The van der Waals surface area contributed by atoms with E-state index in [1.54, 1.807) is 30.3 Å². The molecule has 7 nitrogen and oxygen atoms in total. The van der Waals surface area contributed by atoms with E-state index in [4.69, 9.17) is 5.73 Å². The smallest absolute Gasteiger partial charge is 0.383 e. The molecule has 162 valence electrons. The van der Waals surface area contributed by atoms with E-state index in [9.17, 15) is 27.6 Å². The van der Waals surface area contributed by atoms with Crippen LogP contribution in [-0.4, -0.2) is 22.0 Å². The van der Waals surface area contributed by atoms with Gasteiger partial charge < -0.3 is 10.6 Å². The van der Waals surface area contributed by atoms with Gasteiger partial charge in [-0.05, 0) is 30.7 Å². The van der Waals surface area contributed by atoms with Gasteiger partial charge in [0.2, 0.25) is 0 Å². The van der Waals surface area contributed by atoms with Gasteiger partial charge in [-0.25, -0.2) is 4.79 Å². The molecule has 0 aliphatic rings. The molecule has 0 aliphatic heterocycles. The second-order valence-corrected chi connectivity index (χ2v) is 6.69. The maximum Gasteiger partial charge on any atom is 0.416 e. The highest BCUT2D eigenvalue weighted by Gasteiger charge is 2.32. The summed E-state index contributed by atoms with van der Waals surface area (Å²) in [6.45, 7) is 1.51. The van der Waals surface area contributed by atoms with E-state index in [0.717, 1.165) is 27.2 Å². The largest absolute Gasteiger partial charge is 0.416 e. The van der Waals surface area contributed by atoms with Crippen molar-refractivity contribution >= 4 is 17.4 Å². The van der Waals surface area contributed by atoms with Crippen molar-refractivity contribution in [2.75, 3.05) is 17.2 Å².